The van der Waals surface area contributed by atoms with Crippen LogP contribution in [0.4, 0.5) is 0 Å². The summed E-state index contributed by atoms with van der Waals surface area (Å²) in [5, 5.41) is 0. The second kappa shape index (κ2) is 6.57. The quantitative estimate of drug-likeness (QED) is 0.750. The maximum absolute atomic E-state index is 11.2. The number of hydrogen-bond acceptors (Lipinski definition) is 3. The summed E-state index contributed by atoms with van der Waals surface area (Å²) in [7, 11) is 0. The normalized spacial score (nSPS) is 12.2. The van der Waals surface area contributed by atoms with Gasteiger partial charge in [0.05, 0.1) is 0 Å². The van der Waals surface area contributed by atoms with Gasteiger partial charge < -0.3 is 0 Å². The van der Waals surface area contributed by atoms with Gasteiger partial charge in [-0.15, -0.1) is 0 Å². The molecule has 0 heterocycles. The van der Waals surface area contributed by atoms with E-state index in [1.54, 1.807) is 31.2 Å². The SMILES string of the molecule is CC(=O)c1ccccc1.O=C1C=CC(=O)c2ccccc21. The van der Waals surface area contributed by atoms with Gasteiger partial charge in [0.25, 0.3) is 0 Å². The van der Waals surface area contributed by atoms with E-state index in [0.717, 1.165) is 5.56 Å². The molecular weight excluding hydrogens is 264 g/mol. The van der Waals surface area contributed by atoms with Crippen molar-refractivity contribution in [3.05, 3.63) is 83.4 Å². The number of hydrogen-bond donors (Lipinski definition) is 0. The third-order valence-electron chi connectivity index (χ3n) is 3.02. The number of carbonyl (C=O) groups is 3. The second-order valence-electron chi connectivity index (χ2n) is 4.53. The molecule has 21 heavy (non-hydrogen) atoms. The van der Waals surface area contributed by atoms with Crippen LogP contribution in [-0.2, 0) is 0 Å². The third kappa shape index (κ3) is 3.60. The Bertz CT molecular complexity index is 675. The van der Waals surface area contributed by atoms with Crippen molar-refractivity contribution >= 4 is 17.3 Å². The Labute approximate surface area is 122 Å². The van der Waals surface area contributed by atoms with Gasteiger partial charge >= 0.3 is 0 Å². The lowest BCUT2D eigenvalue weighted by molar-refractivity contribution is 0.0994. The van der Waals surface area contributed by atoms with E-state index in [-0.39, 0.29) is 17.3 Å². The molecule has 3 heteroatoms. The van der Waals surface area contributed by atoms with Crippen molar-refractivity contribution in [3.8, 4) is 0 Å². The Morgan fingerprint density at radius 2 is 1.14 bits per heavy atom. The van der Waals surface area contributed by atoms with E-state index in [4.69, 9.17) is 0 Å². The molecule has 3 nitrogen and oxygen atoms in total. The first-order valence-corrected chi connectivity index (χ1v) is 6.51. The molecule has 0 unspecified atom stereocenters. The molecule has 0 saturated carbocycles. The van der Waals surface area contributed by atoms with Gasteiger partial charge in [0.2, 0.25) is 0 Å². The van der Waals surface area contributed by atoms with Crippen molar-refractivity contribution in [1.29, 1.82) is 0 Å². The lowest BCUT2D eigenvalue weighted by Gasteiger charge is -2.06. The summed E-state index contributed by atoms with van der Waals surface area (Å²) in [4.78, 5) is 33.0. The molecule has 1 aliphatic carbocycles. The maximum Gasteiger partial charge on any atom is 0.186 e. The zero-order valence-electron chi connectivity index (χ0n) is 11.6. The first kappa shape index (κ1) is 14.6. The molecule has 0 aliphatic heterocycles. The first-order chi connectivity index (χ1) is 10.1. The van der Waals surface area contributed by atoms with Gasteiger partial charge in [0, 0.05) is 16.7 Å². The van der Waals surface area contributed by atoms with E-state index in [9.17, 15) is 14.4 Å². The van der Waals surface area contributed by atoms with E-state index < -0.39 is 0 Å². The van der Waals surface area contributed by atoms with Gasteiger partial charge in [-0.2, -0.15) is 0 Å². The summed E-state index contributed by atoms with van der Waals surface area (Å²) in [5.74, 6) is -0.0639. The van der Waals surface area contributed by atoms with Crippen LogP contribution >= 0.6 is 0 Å². The summed E-state index contributed by atoms with van der Waals surface area (Å²) in [6.07, 6.45) is 2.62. The summed E-state index contributed by atoms with van der Waals surface area (Å²) in [5.41, 5.74) is 1.78. The van der Waals surface area contributed by atoms with Gasteiger partial charge in [-0.05, 0) is 19.1 Å². The fraction of sp³-hybridized carbons (Fsp3) is 0.0556. The van der Waals surface area contributed by atoms with Crippen LogP contribution in [0, 0.1) is 0 Å². The first-order valence-electron chi connectivity index (χ1n) is 6.51. The van der Waals surface area contributed by atoms with Crippen LogP contribution in [0.15, 0.2) is 66.7 Å². The molecule has 1 aliphatic rings. The van der Waals surface area contributed by atoms with Crippen LogP contribution in [0.5, 0.6) is 0 Å². The fourth-order valence-electron chi connectivity index (χ4n) is 1.92. The Morgan fingerprint density at radius 3 is 1.52 bits per heavy atom. The molecule has 0 fully saturated rings. The van der Waals surface area contributed by atoms with Crippen molar-refractivity contribution < 1.29 is 14.4 Å². The van der Waals surface area contributed by atoms with E-state index in [1.807, 2.05) is 30.3 Å². The minimum atomic E-state index is -0.0924. The molecule has 0 aromatic heterocycles. The minimum absolute atomic E-state index is 0.0924. The molecule has 3 rings (SSSR count). The summed E-state index contributed by atoms with van der Waals surface area (Å²) in [6, 6.07) is 16.1. The summed E-state index contributed by atoms with van der Waals surface area (Å²) >= 11 is 0. The van der Waals surface area contributed by atoms with Gasteiger partial charge in [0.1, 0.15) is 0 Å². The Kier molecular flexibility index (Phi) is 4.57. The van der Waals surface area contributed by atoms with Crippen LogP contribution < -0.4 is 0 Å². The van der Waals surface area contributed by atoms with Gasteiger partial charge in [-0.1, -0.05) is 54.6 Å². The van der Waals surface area contributed by atoms with Crippen LogP contribution in [0.25, 0.3) is 0 Å². The summed E-state index contributed by atoms with van der Waals surface area (Å²) < 4.78 is 0. The predicted molar refractivity (Wildman–Crippen MR) is 80.7 cm³/mol. The van der Waals surface area contributed by atoms with Crippen molar-refractivity contribution in [1.82, 2.24) is 0 Å². The molecule has 0 N–H and O–H groups in total. The zero-order valence-corrected chi connectivity index (χ0v) is 11.6. The van der Waals surface area contributed by atoms with Crippen molar-refractivity contribution in [3.63, 3.8) is 0 Å². The molecule has 0 radical (unpaired) electrons. The Hall–Kier alpha value is -2.81. The monoisotopic (exact) mass is 278 g/mol. The number of rotatable bonds is 1. The average Bonchev–Trinajstić information content (AvgIpc) is 2.53. The molecule has 2 aromatic rings. The van der Waals surface area contributed by atoms with Crippen LogP contribution in [0.3, 0.4) is 0 Å². The Balaban J connectivity index is 0.000000161. The molecule has 0 amide bonds. The Morgan fingerprint density at radius 1 is 0.714 bits per heavy atom. The number of carbonyl (C=O) groups excluding carboxylic acids is 3. The van der Waals surface area contributed by atoms with Crippen molar-refractivity contribution in [2.75, 3.05) is 0 Å². The van der Waals surface area contributed by atoms with Crippen LogP contribution in [-0.4, -0.2) is 17.3 Å². The second-order valence-corrected chi connectivity index (χ2v) is 4.53. The number of fused-ring (bicyclic) bond motifs is 1. The van der Waals surface area contributed by atoms with Crippen molar-refractivity contribution in [2.45, 2.75) is 6.92 Å². The number of Topliss-reactive ketones (excluding diaryl/α,β-unsaturated/α-hetero) is 1. The fourth-order valence-corrected chi connectivity index (χ4v) is 1.92. The average molecular weight is 278 g/mol. The van der Waals surface area contributed by atoms with E-state index in [0.29, 0.717) is 11.1 Å². The largest absolute Gasteiger partial charge is 0.295 e. The number of ketones is 3. The van der Waals surface area contributed by atoms with Crippen LogP contribution in [0.2, 0.25) is 0 Å². The predicted octanol–water partition coefficient (Wildman–Crippen LogP) is 3.51. The number of allylic oxidation sites excluding steroid dienone is 2. The lowest BCUT2D eigenvalue weighted by Crippen LogP contribution is -2.10. The molecule has 0 bridgehead atoms. The third-order valence-corrected chi connectivity index (χ3v) is 3.02. The van der Waals surface area contributed by atoms with Gasteiger partial charge in [-0.25, -0.2) is 0 Å². The highest BCUT2D eigenvalue weighted by molar-refractivity contribution is 6.21. The molecule has 0 atom stereocenters. The highest BCUT2D eigenvalue weighted by Crippen LogP contribution is 2.15. The van der Waals surface area contributed by atoms with E-state index in [2.05, 4.69) is 0 Å². The zero-order chi connectivity index (χ0) is 15.2. The molecule has 2 aromatic carbocycles. The van der Waals surface area contributed by atoms with Gasteiger partial charge in [-0.3, -0.25) is 14.4 Å². The van der Waals surface area contributed by atoms with E-state index >= 15 is 0 Å². The molecular formula is C18H14O3. The van der Waals surface area contributed by atoms with Gasteiger partial charge in [0.15, 0.2) is 17.3 Å². The smallest absolute Gasteiger partial charge is 0.186 e. The number of benzene rings is 2. The molecule has 0 spiro atoms. The topological polar surface area (TPSA) is 51.2 Å². The maximum atomic E-state index is 11.2. The minimum Gasteiger partial charge on any atom is -0.295 e. The van der Waals surface area contributed by atoms with Crippen molar-refractivity contribution in [2.24, 2.45) is 0 Å². The standard InChI is InChI=1S/C10H6O2.C8H8O/c11-9-5-6-10(12)8-4-2-1-3-7(8)9;1-7(9)8-5-3-2-4-6-8/h1-6H;2-6H,1H3. The highest BCUT2D eigenvalue weighted by atomic mass is 16.1. The van der Waals surface area contributed by atoms with Crippen LogP contribution in [0.1, 0.15) is 38.0 Å². The van der Waals surface area contributed by atoms with E-state index in [1.165, 1.54) is 12.2 Å². The molecule has 104 valence electrons. The summed E-state index contributed by atoms with van der Waals surface area (Å²) in [6.45, 7) is 1.56. The highest BCUT2D eigenvalue weighted by Gasteiger charge is 2.16. The lowest BCUT2D eigenvalue weighted by atomic mass is 9.95. The molecule has 0 saturated heterocycles.